The molecule has 0 unspecified atom stereocenters. The number of hydrogen-bond acceptors (Lipinski definition) is 2. The summed E-state index contributed by atoms with van der Waals surface area (Å²) in [6.07, 6.45) is 19.5. The molecule has 0 N–H and O–H groups in total. The minimum absolute atomic E-state index is 0.730. The van der Waals surface area contributed by atoms with Gasteiger partial charge in [-0.3, -0.25) is 4.98 Å². The first-order valence-corrected chi connectivity index (χ1v) is 13.0. The Balaban J connectivity index is 1.38. The van der Waals surface area contributed by atoms with E-state index in [1.807, 2.05) is 0 Å². The Labute approximate surface area is 190 Å². The van der Waals surface area contributed by atoms with E-state index in [9.17, 15) is 0 Å². The van der Waals surface area contributed by atoms with Crippen molar-refractivity contribution in [3.8, 4) is 17.0 Å². The molecular formula is C29H43NO. The lowest BCUT2D eigenvalue weighted by atomic mass is 9.81. The van der Waals surface area contributed by atoms with Crippen molar-refractivity contribution < 1.29 is 4.74 Å². The van der Waals surface area contributed by atoms with Crippen molar-refractivity contribution in [2.24, 2.45) is 11.8 Å². The first-order valence-electron chi connectivity index (χ1n) is 13.0. The number of aromatic nitrogens is 1. The summed E-state index contributed by atoms with van der Waals surface area (Å²) in [7, 11) is 0. The zero-order valence-corrected chi connectivity index (χ0v) is 20.0. The molecule has 2 heteroatoms. The molecule has 0 amide bonds. The van der Waals surface area contributed by atoms with Gasteiger partial charge in [-0.2, -0.15) is 0 Å². The van der Waals surface area contributed by atoms with Gasteiger partial charge in [-0.1, -0.05) is 77.7 Å². The third-order valence-electron chi connectivity index (χ3n) is 7.07. The van der Waals surface area contributed by atoms with Crippen LogP contribution in [0.5, 0.6) is 5.75 Å². The average molecular weight is 422 g/mol. The molecule has 1 aromatic heterocycles. The van der Waals surface area contributed by atoms with Crippen LogP contribution in [0.4, 0.5) is 0 Å². The van der Waals surface area contributed by atoms with Crippen LogP contribution < -0.4 is 4.74 Å². The van der Waals surface area contributed by atoms with Gasteiger partial charge in [0.15, 0.2) is 0 Å². The fourth-order valence-electron chi connectivity index (χ4n) is 4.77. The van der Waals surface area contributed by atoms with Gasteiger partial charge in [0.05, 0.1) is 12.3 Å². The smallest absolute Gasteiger partial charge is 0.119 e. The summed E-state index contributed by atoms with van der Waals surface area (Å²) in [5.41, 5.74) is 3.57. The quantitative estimate of drug-likeness (QED) is 0.302. The highest BCUT2D eigenvalue weighted by molar-refractivity contribution is 5.60. The Morgan fingerprint density at radius 1 is 0.774 bits per heavy atom. The number of rotatable bonds is 13. The lowest BCUT2D eigenvalue weighted by molar-refractivity contribution is 0.181. The van der Waals surface area contributed by atoms with E-state index in [1.54, 1.807) is 0 Å². The topological polar surface area (TPSA) is 22.1 Å². The molecule has 1 fully saturated rings. The zero-order valence-electron chi connectivity index (χ0n) is 20.0. The molecule has 1 aromatic carbocycles. The molecular weight excluding hydrogens is 378 g/mol. The number of aryl methyl sites for hydroxylation is 1. The first kappa shape index (κ1) is 23.8. The van der Waals surface area contributed by atoms with E-state index in [4.69, 9.17) is 9.72 Å². The molecule has 0 saturated heterocycles. The minimum Gasteiger partial charge on any atom is -0.493 e. The molecule has 0 bridgehead atoms. The Bertz CT molecular complexity index is 713. The summed E-state index contributed by atoms with van der Waals surface area (Å²) < 4.78 is 6.09. The fraction of sp³-hybridized carbons (Fsp3) is 0.621. The summed E-state index contributed by atoms with van der Waals surface area (Å²) >= 11 is 0. The van der Waals surface area contributed by atoms with Crippen molar-refractivity contribution in [2.75, 3.05) is 6.61 Å². The van der Waals surface area contributed by atoms with Gasteiger partial charge in [0, 0.05) is 11.8 Å². The van der Waals surface area contributed by atoms with Crippen LogP contribution in [-0.2, 0) is 6.42 Å². The van der Waals surface area contributed by atoms with Crippen LogP contribution >= 0.6 is 0 Å². The molecule has 0 atom stereocenters. The van der Waals surface area contributed by atoms with Crippen molar-refractivity contribution in [3.05, 3.63) is 48.2 Å². The van der Waals surface area contributed by atoms with Gasteiger partial charge >= 0.3 is 0 Å². The van der Waals surface area contributed by atoms with Crippen molar-refractivity contribution in [1.29, 1.82) is 0 Å². The lowest BCUT2D eigenvalue weighted by Crippen LogP contribution is -2.19. The molecule has 2 nitrogen and oxygen atoms in total. The molecule has 1 aliphatic rings. The molecule has 170 valence electrons. The highest BCUT2D eigenvalue weighted by Crippen LogP contribution is 2.31. The maximum atomic E-state index is 6.09. The second-order valence-corrected chi connectivity index (χ2v) is 9.55. The van der Waals surface area contributed by atoms with Crippen molar-refractivity contribution in [3.63, 3.8) is 0 Å². The Morgan fingerprint density at radius 3 is 2.10 bits per heavy atom. The van der Waals surface area contributed by atoms with Crippen LogP contribution in [-0.4, -0.2) is 11.6 Å². The molecule has 0 spiro atoms. The number of nitrogens with zero attached hydrogens (tertiary/aromatic N) is 1. The van der Waals surface area contributed by atoms with E-state index in [1.165, 1.54) is 88.2 Å². The monoisotopic (exact) mass is 421 g/mol. The van der Waals surface area contributed by atoms with Gasteiger partial charge < -0.3 is 4.74 Å². The Morgan fingerprint density at radius 2 is 1.45 bits per heavy atom. The summed E-state index contributed by atoms with van der Waals surface area (Å²) in [4.78, 5) is 4.71. The predicted octanol–water partition coefficient (Wildman–Crippen LogP) is 8.64. The number of ether oxygens (including phenoxy) is 1. The average Bonchev–Trinajstić information content (AvgIpc) is 2.83. The largest absolute Gasteiger partial charge is 0.493 e. The van der Waals surface area contributed by atoms with Gasteiger partial charge in [-0.25, -0.2) is 0 Å². The highest BCUT2D eigenvalue weighted by Gasteiger charge is 2.20. The number of unbranched alkanes of at least 4 members (excludes halogenated alkanes) is 6. The molecule has 0 aliphatic heterocycles. The van der Waals surface area contributed by atoms with Crippen LogP contribution in [0.3, 0.4) is 0 Å². The third-order valence-corrected chi connectivity index (χ3v) is 7.07. The second-order valence-electron chi connectivity index (χ2n) is 9.55. The van der Waals surface area contributed by atoms with Gasteiger partial charge in [0.1, 0.15) is 5.75 Å². The van der Waals surface area contributed by atoms with Crippen LogP contribution in [0.2, 0.25) is 0 Å². The maximum absolute atomic E-state index is 6.09. The summed E-state index contributed by atoms with van der Waals surface area (Å²) in [6, 6.07) is 12.9. The third kappa shape index (κ3) is 8.31. The number of benzene rings is 1. The maximum Gasteiger partial charge on any atom is 0.119 e. The van der Waals surface area contributed by atoms with E-state index in [2.05, 4.69) is 56.4 Å². The standard InChI is InChI=1S/C29H43NO/c1-3-5-6-7-8-9-10-11-25-16-21-29(30-22-25)27-17-19-28(20-18-27)31-23-26-14-12-24(4-2)13-15-26/h16-22,24,26H,3-15,23H2,1-2H3. The van der Waals surface area contributed by atoms with Crippen molar-refractivity contribution >= 4 is 0 Å². The van der Waals surface area contributed by atoms with E-state index in [-0.39, 0.29) is 0 Å². The SMILES string of the molecule is CCCCCCCCCc1ccc(-c2ccc(OCC3CCC(CC)CC3)cc2)nc1. The minimum atomic E-state index is 0.730. The van der Waals surface area contributed by atoms with Crippen molar-refractivity contribution in [1.82, 2.24) is 4.98 Å². The molecule has 31 heavy (non-hydrogen) atoms. The summed E-state index contributed by atoms with van der Waals surface area (Å²) in [5.74, 6) is 2.66. The van der Waals surface area contributed by atoms with E-state index < -0.39 is 0 Å². The normalized spacial score (nSPS) is 18.8. The number of pyridine rings is 1. The van der Waals surface area contributed by atoms with Gasteiger partial charge in [0.25, 0.3) is 0 Å². The van der Waals surface area contributed by atoms with Crippen molar-refractivity contribution in [2.45, 2.75) is 97.3 Å². The zero-order chi connectivity index (χ0) is 21.7. The fourth-order valence-corrected chi connectivity index (χ4v) is 4.77. The molecule has 1 saturated carbocycles. The van der Waals surface area contributed by atoms with E-state index in [0.29, 0.717) is 0 Å². The summed E-state index contributed by atoms with van der Waals surface area (Å²) in [5, 5.41) is 0. The highest BCUT2D eigenvalue weighted by atomic mass is 16.5. The molecule has 2 aromatic rings. The van der Waals surface area contributed by atoms with E-state index in [0.717, 1.165) is 36.3 Å². The van der Waals surface area contributed by atoms with Crippen LogP contribution in [0, 0.1) is 11.8 Å². The van der Waals surface area contributed by atoms with Gasteiger partial charge in [-0.05, 0) is 73.4 Å². The second kappa shape index (κ2) is 13.6. The lowest BCUT2D eigenvalue weighted by Gasteiger charge is -2.27. The first-order chi connectivity index (χ1) is 15.3. The summed E-state index contributed by atoms with van der Waals surface area (Å²) in [6.45, 7) is 5.46. The van der Waals surface area contributed by atoms with Gasteiger partial charge in [0.2, 0.25) is 0 Å². The predicted molar refractivity (Wildman–Crippen MR) is 133 cm³/mol. The molecule has 1 heterocycles. The molecule has 0 radical (unpaired) electrons. The molecule has 1 aliphatic carbocycles. The van der Waals surface area contributed by atoms with Crippen LogP contribution in [0.25, 0.3) is 11.3 Å². The number of hydrogen-bond donors (Lipinski definition) is 0. The Kier molecular flexibility index (Phi) is 10.4. The Hall–Kier alpha value is -1.83. The molecule has 3 rings (SSSR count). The van der Waals surface area contributed by atoms with Crippen LogP contribution in [0.15, 0.2) is 42.6 Å². The van der Waals surface area contributed by atoms with Gasteiger partial charge in [-0.15, -0.1) is 0 Å². The van der Waals surface area contributed by atoms with Crippen LogP contribution in [0.1, 0.15) is 96.5 Å². The van der Waals surface area contributed by atoms with E-state index >= 15 is 0 Å².